The molecule has 0 unspecified atom stereocenters. The first kappa shape index (κ1) is 11.8. The van der Waals surface area contributed by atoms with Gasteiger partial charge in [-0.25, -0.2) is 0 Å². The van der Waals surface area contributed by atoms with Crippen molar-refractivity contribution in [1.82, 2.24) is 0 Å². The predicted octanol–water partition coefficient (Wildman–Crippen LogP) is 3.64. The van der Waals surface area contributed by atoms with E-state index in [9.17, 15) is 0 Å². The molecule has 0 aliphatic heterocycles. The molecule has 0 atom stereocenters. The van der Waals surface area contributed by atoms with E-state index in [1.807, 2.05) is 24.3 Å². The maximum atomic E-state index is 5.71. The Balaban J connectivity index is 1.76. The van der Waals surface area contributed by atoms with Crippen molar-refractivity contribution in [1.29, 1.82) is 0 Å². The van der Waals surface area contributed by atoms with Crippen LogP contribution in [0.15, 0.2) is 24.3 Å². The molecule has 0 heterocycles. The molecule has 3 heteroatoms. The van der Waals surface area contributed by atoms with E-state index < -0.39 is 0 Å². The molecule has 0 bridgehead atoms. The molecule has 0 saturated heterocycles. The SMILES string of the molecule is COc1ccc(OCCC2(CBr)CC2)cc1. The molecule has 2 rings (SSSR count). The van der Waals surface area contributed by atoms with Gasteiger partial charge in [0.15, 0.2) is 0 Å². The van der Waals surface area contributed by atoms with Crippen LogP contribution in [0.4, 0.5) is 0 Å². The first-order valence-corrected chi connectivity index (χ1v) is 6.73. The molecule has 0 N–H and O–H groups in total. The second-order valence-electron chi connectivity index (χ2n) is 4.41. The number of alkyl halides is 1. The summed E-state index contributed by atoms with van der Waals surface area (Å²) in [6, 6.07) is 7.75. The van der Waals surface area contributed by atoms with E-state index in [2.05, 4.69) is 15.9 Å². The summed E-state index contributed by atoms with van der Waals surface area (Å²) >= 11 is 3.57. The van der Waals surface area contributed by atoms with E-state index >= 15 is 0 Å². The minimum absolute atomic E-state index is 0.534. The van der Waals surface area contributed by atoms with Crippen LogP contribution in [-0.2, 0) is 0 Å². The molecule has 0 radical (unpaired) electrons. The molecule has 1 fully saturated rings. The Kier molecular flexibility index (Phi) is 3.74. The van der Waals surface area contributed by atoms with Crippen LogP contribution in [0.2, 0.25) is 0 Å². The van der Waals surface area contributed by atoms with Crippen molar-refractivity contribution in [3.05, 3.63) is 24.3 Å². The Morgan fingerprint density at radius 1 is 1.19 bits per heavy atom. The lowest BCUT2D eigenvalue weighted by Crippen LogP contribution is -2.08. The number of hydrogen-bond acceptors (Lipinski definition) is 2. The molecule has 0 amide bonds. The van der Waals surface area contributed by atoms with E-state index in [1.54, 1.807) is 7.11 Å². The van der Waals surface area contributed by atoms with Crippen molar-refractivity contribution < 1.29 is 9.47 Å². The average molecular weight is 285 g/mol. The van der Waals surface area contributed by atoms with E-state index in [-0.39, 0.29) is 0 Å². The Morgan fingerprint density at radius 2 is 1.81 bits per heavy atom. The van der Waals surface area contributed by atoms with Crippen molar-refractivity contribution in [3.8, 4) is 11.5 Å². The lowest BCUT2D eigenvalue weighted by atomic mass is 10.1. The summed E-state index contributed by atoms with van der Waals surface area (Å²) in [4.78, 5) is 0. The number of rotatable bonds is 6. The van der Waals surface area contributed by atoms with Crippen molar-refractivity contribution >= 4 is 15.9 Å². The highest BCUT2D eigenvalue weighted by atomic mass is 79.9. The summed E-state index contributed by atoms with van der Waals surface area (Å²) in [5.74, 6) is 1.79. The van der Waals surface area contributed by atoms with Gasteiger partial charge in [-0.15, -0.1) is 0 Å². The Labute approximate surface area is 105 Å². The van der Waals surface area contributed by atoms with Crippen LogP contribution in [0.3, 0.4) is 0 Å². The van der Waals surface area contributed by atoms with Gasteiger partial charge in [-0.2, -0.15) is 0 Å². The normalized spacial score (nSPS) is 16.9. The van der Waals surface area contributed by atoms with E-state index in [0.29, 0.717) is 5.41 Å². The predicted molar refractivity (Wildman–Crippen MR) is 68.6 cm³/mol. The third kappa shape index (κ3) is 2.91. The second kappa shape index (κ2) is 5.09. The molecule has 1 aromatic rings. The highest BCUT2D eigenvalue weighted by molar-refractivity contribution is 9.09. The number of benzene rings is 1. The molecule has 1 saturated carbocycles. The van der Waals surface area contributed by atoms with Gasteiger partial charge in [-0.1, -0.05) is 15.9 Å². The first-order valence-electron chi connectivity index (χ1n) is 5.61. The van der Waals surface area contributed by atoms with Crippen molar-refractivity contribution in [2.24, 2.45) is 5.41 Å². The Hall–Kier alpha value is -0.700. The van der Waals surface area contributed by atoms with Crippen LogP contribution < -0.4 is 9.47 Å². The van der Waals surface area contributed by atoms with Crippen molar-refractivity contribution in [2.75, 3.05) is 19.0 Å². The van der Waals surface area contributed by atoms with E-state index in [0.717, 1.165) is 29.9 Å². The topological polar surface area (TPSA) is 18.5 Å². The molecular weight excluding hydrogens is 268 g/mol. The summed E-state index contributed by atoms with van der Waals surface area (Å²) < 4.78 is 10.8. The maximum absolute atomic E-state index is 5.71. The lowest BCUT2D eigenvalue weighted by molar-refractivity contribution is 0.279. The molecule has 16 heavy (non-hydrogen) atoms. The van der Waals surface area contributed by atoms with E-state index in [4.69, 9.17) is 9.47 Å². The molecule has 1 aromatic carbocycles. The van der Waals surface area contributed by atoms with Crippen molar-refractivity contribution in [2.45, 2.75) is 19.3 Å². The second-order valence-corrected chi connectivity index (χ2v) is 4.97. The molecule has 2 nitrogen and oxygen atoms in total. The van der Waals surface area contributed by atoms with E-state index in [1.165, 1.54) is 12.8 Å². The fourth-order valence-corrected chi connectivity index (χ4v) is 2.53. The molecule has 1 aliphatic rings. The van der Waals surface area contributed by atoms with Gasteiger partial charge < -0.3 is 9.47 Å². The van der Waals surface area contributed by atoms with Gasteiger partial charge in [0.2, 0.25) is 0 Å². The van der Waals surface area contributed by atoms with Crippen LogP contribution in [0.5, 0.6) is 11.5 Å². The molecule has 88 valence electrons. The van der Waals surface area contributed by atoms with Crippen LogP contribution in [0.1, 0.15) is 19.3 Å². The summed E-state index contributed by atoms with van der Waals surface area (Å²) in [6.07, 6.45) is 3.82. The summed E-state index contributed by atoms with van der Waals surface area (Å²) in [6.45, 7) is 0.804. The summed E-state index contributed by atoms with van der Waals surface area (Å²) in [5.41, 5.74) is 0.534. The third-order valence-corrected chi connectivity index (χ3v) is 4.39. The fourth-order valence-electron chi connectivity index (χ4n) is 1.68. The Bertz CT molecular complexity index is 330. The lowest BCUT2D eigenvalue weighted by Gasteiger charge is -2.12. The van der Waals surface area contributed by atoms with Crippen LogP contribution in [-0.4, -0.2) is 19.0 Å². The molecule has 1 aliphatic carbocycles. The number of halogens is 1. The zero-order valence-electron chi connectivity index (χ0n) is 9.54. The number of hydrogen-bond donors (Lipinski definition) is 0. The molecule has 0 spiro atoms. The third-order valence-electron chi connectivity index (χ3n) is 3.20. The van der Waals surface area contributed by atoms with Gasteiger partial charge in [-0.05, 0) is 48.9 Å². The monoisotopic (exact) mass is 284 g/mol. The zero-order valence-corrected chi connectivity index (χ0v) is 11.1. The first-order chi connectivity index (χ1) is 7.78. The minimum Gasteiger partial charge on any atom is -0.497 e. The number of ether oxygens (including phenoxy) is 2. The van der Waals surface area contributed by atoms with Crippen LogP contribution in [0, 0.1) is 5.41 Å². The average Bonchev–Trinajstić information content (AvgIpc) is 3.11. The van der Waals surface area contributed by atoms with Crippen LogP contribution in [0.25, 0.3) is 0 Å². The largest absolute Gasteiger partial charge is 0.497 e. The van der Waals surface area contributed by atoms with Gasteiger partial charge in [0, 0.05) is 5.33 Å². The molecular formula is C13H17BrO2. The summed E-state index contributed by atoms with van der Waals surface area (Å²) in [7, 11) is 1.67. The molecule has 0 aromatic heterocycles. The fraction of sp³-hybridized carbons (Fsp3) is 0.538. The van der Waals surface area contributed by atoms with Gasteiger partial charge in [0.05, 0.1) is 13.7 Å². The van der Waals surface area contributed by atoms with Crippen LogP contribution >= 0.6 is 15.9 Å². The van der Waals surface area contributed by atoms with Crippen molar-refractivity contribution in [3.63, 3.8) is 0 Å². The van der Waals surface area contributed by atoms with Gasteiger partial charge in [0.1, 0.15) is 11.5 Å². The Morgan fingerprint density at radius 3 is 2.31 bits per heavy atom. The quantitative estimate of drug-likeness (QED) is 0.743. The highest BCUT2D eigenvalue weighted by Gasteiger charge is 2.40. The number of methoxy groups -OCH3 is 1. The zero-order chi connectivity index (χ0) is 11.4. The standard InChI is InChI=1S/C13H17BrO2/c1-15-11-2-4-12(5-3-11)16-9-8-13(10-14)6-7-13/h2-5H,6-10H2,1H3. The summed E-state index contributed by atoms with van der Waals surface area (Å²) in [5, 5.41) is 1.10. The highest BCUT2D eigenvalue weighted by Crippen LogP contribution is 2.49. The smallest absolute Gasteiger partial charge is 0.119 e. The minimum atomic E-state index is 0.534. The van der Waals surface area contributed by atoms with Gasteiger partial charge in [0.25, 0.3) is 0 Å². The van der Waals surface area contributed by atoms with Gasteiger partial charge >= 0.3 is 0 Å². The van der Waals surface area contributed by atoms with Gasteiger partial charge in [-0.3, -0.25) is 0 Å². The maximum Gasteiger partial charge on any atom is 0.119 e.